The number of aliphatic hydroxyl groups is 1. The fourth-order valence-corrected chi connectivity index (χ4v) is 3.71. The molecule has 0 saturated heterocycles. The minimum Gasteiger partial charge on any atom is -0.389 e. The molecule has 0 saturated carbocycles. The number of hydrogen-bond acceptors (Lipinski definition) is 5. The van der Waals surface area contributed by atoms with Crippen LogP contribution in [-0.2, 0) is 13.0 Å². The first-order chi connectivity index (χ1) is 12.9. The fourth-order valence-electron chi connectivity index (χ4n) is 3.71. The van der Waals surface area contributed by atoms with Crippen LogP contribution in [0.3, 0.4) is 0 Å². The van der Waals surface area contributed by atoms with E-state index in [4.69, 9.17) is 0 Å². The van der Waals surface area contributed by atoms with Gasteiger partial charge in [0.25, 0.3) is 5.91 Å². The van der Waals surface area contributed by atoms with Crippen molar-refractivity contribution in [1.29, 1.82) is 0 Å². The first-order valence-corrected chi connectivity index (χ1v) is 9.06. The molecule has 140 valence electrons. The number of anilines is 1. The van der Waals surface area contributed by atoms with Gasteiger partial charge in [-0.3, -0.25) is 14.8 Å². The summed E-state index contributed by atoms with van der Waals surface area (Å²) in [5, 5.41) is 20.6. The molecule has 3 N–H and O–H groups in total. The van der Waals surface area contributed by atoms with E-state index in [0.29, 0.717) is 23.1 Å². The van der Waals surface area contributed by atoms with Gasteiger partial charge in [-0.05, 0) is 43.5 Å². The van der Waals surface area contributed by atoms with Gasteiger partial charge in [-0.2, -0.15) is 5.10 Å². The number of nitrogens with zero attached hydrogens (tertiary/aromatic N) is 3. The monoisotopic (exact) mass is 365 g/mol. The Morgan fingerprint density at radius 3 is 3.04 bits per heavy atom. The van der Waals surface area contributed by atoms with Gasteiger partial charge in [0, 0.05) is 31.5 Å². The summed E-state index contributed by atoms with van der Waals surface area (Å²) in [6, 6.07) is 7.69. The van der Waals surface area contributed by atoms with E-state index >= 15 is 0 Å². The molecule has 0 atom stereocenters. The number of hydrogen-bond donors (Lipinski definition) is 3. The number of β-amino-alcohol motifs (C(OH)–C–C–N with tert-alkyl or cyclic N) is 1. The van der Waals surface area contributed by atoms with E-state index in [1.54, 1.807) is 18.5 Å². The van der Waals surface area contributed by atoms with Crippen LogP contribution in [0.2, 0.25) is 0 Å². The molecular weight excluding hydrogens is 342 g/mol. The fraction of sp³-hybridized carbons (Fsp3) is 0.350. The average Bonchev–Trinajstić information content (AvgIpc) is 3.09. The Balaban J connectivity index is 1.57. The van der Waals surface area contributed by atoms with Crippen molar-refractivity contribution in [3.8, 4) is 0 Å². The molecule has 1 aliphatic rings. The molecule has 0 bridgehead atoms. The van der Waals surface area contributed by atoms with E-state index in [0.717, 1.165) is 30.8 Å². The van der Waals surface area contributed by atoms with Gasteiger partial charge in [0.05, 0.1) is 22.7 Å². The summed E-state index contributed by atoms with van der Waals surface area (Å²) < 4.78 is 0. The second kappa shape index (κ2) is 6.75. The second-order valence-corrected chi connectivity index (χ2v) is 7.66. The van der Waals surface area contributed by atoms with Crippen molar-refractivity contribution in [2.75, 3.05) is 18.4 Å². The third-order valence-corrected chi connectivity index (χ3v) is 4.80. The van der Waals surface area contributed by atoms with Crippen LogP contribution in [0.4, 0.5) is 5.69 Å². The molecule has 1 aliphatic heterocycles. The van der Waals surface area contributed by atoms with Crippen molar-refractivity contribution in [3.05, 3.63) is 53.3 Å². The SMILES string of the molecule is CC(C)(O)CN1CCc2c(cccc2NC(=O)c2ccnc3[nH]ncc23)C1. The first-order valence-electron chi connectivity index (χ1n) is 9.06. The summed E-state index contributed by atoms with van der Waals surface area (Å²) in [6.45, 7) is 5.89. The third kappa shape index (κ3) is 3.70. The zero-order valence-electron chi connectivity index (χ0n) is 15.5. The molecule has 2 aromatic heterocycles. The van der Waals surface area contributed by atoms with Crippen molar-refractivity contribution in [2.45, 2.75) is 32.4 Å². The molecule has 0 radical (unpaired) electrons. The molecular formula is C20H23N5O2. The molecule has 27 heavy (non-hydrogen) atoms. The molecule has 3 aromatic rings. The van der Waals surface area contributed by atoms with Gasteiger partial charge >= 0.3 is 0 Å². The quantitative estimate of drug-likeness (QED) is 0.660. The zero-order chi connectivity index (χ0) is 19.0. The van der Waals surface area contributed by atoms with Crippen molar-refractivity contribution in [1.82, 2.24) is 20.1 Å². The van der Waals surface area contributed by atoms with Gasteiger partial charge in [-0.25, -0.2) is 4.98 Å². The van der Waals surface area contributed by atoms with Crippen LogP contribution in [0.25, 0.3) is 11.0 Å². The highest BCUT2D eigenvalue weighted by Gasteiger charge is 2.24. The van der Waals surface area contributed by atoms with Gasteiger partial charge in [0.15, 0.2) is 5.65 Å². The summed E-state index contributed by atoms with van der Waals surface area (Å²) in [6.07, 6.45) is 4.05. The lowest BCUT2D eigenvalue weighted by Crippen LogP contribution is -2.41. The first kappa shape index (κ1) is 17.6. The lowest BCUT2D eigenvalue weighted by molar-refractivity contribution is 0.0318. The van der Waals surface area contributed by atoms with E-state index in [-0.39, 0.29) is 5.91 Å². The number of aromatic nitrogens is 3. The van der Waals surface area contributed by atoms with Crippen LogP contribution in [-0.4, -0.2) is 49.8 Å². The molecule has 3 heterocycles. The van der Waals surface area contributed by atoms with Crippen LogP contribution >= 0.6 is 0 Å². The lowest BCUT2D eigenvalue weighted by Gasteiger charge is -2.33. The molecule has 1 amide bonds. The van der Waals surface area contributed by atoms with Crippen LogP contribution in [0.1, 0.15) is 35.3 Å². The number of carbonyl (C=O) groups is 1. The van der Waals surface area contributed by atoms with E-state index < -0.39 is 5.60 Å². The van der Waals surface area contributed by atoms with Crippen molar-refractivity contribution < 1.29 is 9.90 Å². The molecule has 4 rings (SSSR count). The maximum absolute atomic E-state index is 12.8. The number of carbonyl (C=O) groups excluding carboxylic acids is 1. The number of fused-ring (bicyclic) bond motifs is 2. The number of benzene rings is 1. The molecule has 7 nitrogen and oxygen atoms in total. The minimum atomic E-state index is -0.722. The highest BCUT2D eigenvalue weighted by molar-refractivity contribution is 6.12. The van der Waals surface area contributed by atoms with Crippen LogP contribution in [0.5, 0.6) is 0 Å². The summed E-state index contributed by atoms with van der Waals surface area (Å²) in [7, 11) is 0. The lowest BCUT2D eigenvalue weighted by atomic mass is 9.96. The Kier molecular flexibility index (Phi) is 4.41. The number of rotatable bonds is 4. The number of aromatic amines is 1. The predicted octanol–water partition coefficient (Wildman–Crippen LogP) is 2.34. The maximum atomic E-state index is 12.8. The predicted molar refractivity (Wildman–Crippen MR) is 104 cm³/mol. The molecule has 0 unspecified atom stereocenters. The smallest absolute Gasteiger partial charge is 0.256 e. The Morgan fingerprint density at radius 2 is 2.22 bits per heavy atom. The van der Waals surface area contributed by atoms with Crippen molar-refractivity contribution >= 4 is 22.6 Å². The highest BCUT2D eigenvalue weighted by Crippen LogP contribution is 2.28. The number of H-pyrrole nitrogens is 1. The van der Waals surface area contributed by atoms with Crippen molar-refractivity contribution in [3.63, 3.8) is 0 Å². The topological polar surface area (TPSA) is 94.1 Å². The summed E-state index contributed by atoms with van der Waals surface area (Å²) in [5.41, 5.74) is 3.61. The summed E-state index contributed by atoms with van der Waals surface area (Å²) >= 11 is 0. The van der Waals surface area contributed by atoms with Crippen LogP contribution in [0, 0.1) is 0 Å². The standard InChI is InChI=1S/C20H23N5O2/c1-20(2,27)12-25-9-7-14-13(11-25)4-3-5-17(14)23-19(26)15-6-8-21-18-16(15)10-22-24-18/h3-6,8,10,27H,7,9,11-12H2,1-2H3,(H,23,26)(H,21,22,24). The third-order valence-electron chi connectivity index (χ3n) is 4.80. The zero-order valence-corrected chi connectivity index (χ0v) is 15.5. The molecule has 0 aliphatic carbocycles. The van der Waals surface area contributed by atoms with E-state index in [2.05, 4.69) is 31.5 Å². The van der Waals surface area contributed by atoms with Gasteiger partial charge in [-0.15, -0.1) is 0 Å². The minimum absolute atomic E-state index is 0.170. The summed E-state index contributed by atoms with van der Waals surface area (Å²) in [5.74, 6) is -0.170. The van der Waals surface area contributed by atoms with Gasteiger partial charge in [0.2, 0.25) is 0 Å². The Morgan fingerprint density at radius 1 is 1.37 bits per heavy atom. The van der Waals surface area contributed by atoms with Gasteiger partial charge in [-0.1, -0.05) is 12.1 Å². The van der Waals surface area contributed by atoms with Gasteiger partial charge < -0.3 is 10.4 Å². The highest BCUT2D eigenvalue weighted by atomic mass is 16.3. The number of nitrogens with one attached hydrogen (secondary N) is 2. The van der Waals surface area contributed by atoms with E-state index in [9.17, 15) is 9.90 Å². The average molecular weight is 365 g/mol. The Bertz CT molecular complexity index is 989. The Hall–Kier alpha value is -2.77. The number of pyridine rings is 1. The summed E-state index contributed by atoms with van der Waals surface area (Å²) in [4.78, 5) is 19.3. The molecule has 1 aromatic carbocycles. The molecule has 0 spiro atoms. The van der Waals surface area contributed by atoms with Crippen LogP contribution < -0.4 is 5.32 Å². The Labute approximate surface area is 157 Å². The normalized spacial score (nSPS) is 14.9. The number of amides is 1. The second-order valence-electron chi connectivity index (χ2n) is 7.66. The maximum Gasteiger partial charge on any atom is 0.256 e. The van der Waals surface area contributed by atoms with Gasteiger partial charge in [0.1, 0.15) is 0 Å². The molecule has 0 fully saturated rings. The van der Waals surface area contributed by atoms with E-state index in [1.165, 1.54) is 5.56 Å². The van der Waals surface area contributed by atoms with Crippen molar-refractivity contribution in [2.24, 2.45) is 0 Å². The molecule has 7 heteroatoms. The van der Waals surface area contributed by atoms with Crippen LogP contribution in [0.15, 0.2) is 36.7 Å². The van der Waals surface area contributed by atoms with E-state index in [1.807, 2.05) is 26.0 Å². The largest absolute Gasteiger partial charge is 0.389 e.